The molecule has 0 amide bonds. The Balaban J connectivity index is 1.79. The molecule has 2 fully saturated rings. The largest absolute Gasteiger partial charge is 0.411 e. The average molecular weight is 307 g/mol. The summed E-state index contributed by atoms with van der Waals surface area (Å²) >= 11 is 0. The molecular formula is C16H28F3NO. The molecule has 2 aliphatic rings. The summed E-state index contributed by atoms with van der Waals surface area (Å²) < 4.78 is 41.7. The van der Waals surface area contributed by atoms with E-state index in [-0.39, 0.29) is 6.10 Å². The fraction of sp³-hybridized carbons (Fsp3) is 1.00. The Labute approximate surface area is 125 Å². The third-order valence-electron chi connectivity index (χ3n) is 4.89. The molecular weight excluding hydrogens is 279 g/mol. The SMILES string of the molecule is CC1CC(C)(C)CC1NC1CCCC(OCC(F)(F)F)C1. The number of ether oxygens (including phenoxy) is 1. The van der Waals surface area contributed by atoms with Gasteiger partial charge in [-0.05, 0) is 49.9 Å². The fourth-order valence-electron chi connectivity index (χ4n) is 4.08. The summed E-state index contributed by atoms with van der Waals surface area (Å²) in [5.74, 6) is 0.636. The topological polar surface area (TPSA) is 21.3 Å². The lowest BCUT2D eigenvalue weighted by atomic mass is 9.90. The number of halogens is 3. The van der Waals surface area contributed by atoms with Crippen LogP contribution in [0.5, 0.6) is 0 Å². The van der Waals surface area contributed by atoms with Gasteiger partial charge < -0.3 is 10.1 Å². The lowest BCUT2D eigenvalue weighted by molar-refractivity contribution is -0.188. The van der Waals surface area contributed by atoms with Crippen molar-refractivity contribution in [1.82, 2.24) is 5.32 Å². The molecule has 0 spiro atoms. The Hall–Kier alpha value is -0.290. The molecule has 0 aromatic heterocycles. The molecule has 124 valence electrons. The summed E-state index contributed by atoms with van der Waals surface area (Å²) in [6.07, 6.45) is 1.36. The number of hydrogen-bond donors (Lipinski definition) is 1. The van der Waals surface area contributed by atoms with Gasteiger partial charge in [0.15, 0.2) is 0 Å². The van der Waals surface area contributed by atoms with E-state index in [0.29, 0.717) is 29.8 Å². The zero-order chi connectivity index (χ0) is 15.7. The highest BCUT2D eigenvalue weighted by Gasteiger charge is 2.38. The van der Waals surface area contributed by atoms with Gasteiger partial charge in [0.05, 0.1) is 6.10 Å². The Morgan fingerprint density at radius 3 is 2.48 bits per heavy atom. The maximum atomic E-state index is 12.2. The third-order valence-corrected chi connectivity index (χ3v) is 4.89. The Morgan fingerprint density at radius 1 is 1.19 bits per heavy atom. The molecule has 0 aromatic rings. The molecule has 0 aliphatic heterocycles. The highest BCUT2D eigenvalue weighted by atomic mass is 19.4. The number of rotatable bonds is 4. The predicted octanol–water partition coefficient (Wildman–Crippen LogP) is 4.29. The highest BCUT2D eigenvalue weighted by Crippen LogP contribution is 2.41. The summed E-state index contributed by atoms with van der Waals surface area (Å²) in [5.41, 5.74) is 0.373. The summed E-state index contributed by atoms with van der Waals surface area (Å²) in [4.78, 5) is 0. The predicted molar refractivity (Wildman–Crippen MR) is 77.2 cm³/mol. The van der Waals surface area contributed by atoms with Crippen molar-refractivity contribution in [2.24, 2.45) is 11.3 Å². The van der Waals surface area contributed by atoms with Crippen molar-refractivity contribution in [1.29, 1.82) is 0 Å². The molecule has 0 bridgehead atoms. The molecule has 0 radical (unpaired) electrons. The summed E-state index contributed by atoms with van der Waals surface area (Å²) in [7, 11) is 0. The Bertz CT molecular complexity index is 343. The van der Waals surface area contributed by atoms with E-state index < -0.39 is 12.8 Å². The second-order valence-corrected chi connectivity index (χ2v) is 7.73. The molecule has 2 saturated carbocycles. The van der Waals surface area contributed by atoms with Gasteiger partial charge in [-0.3, -0.25) is 0 Å². The standard InChI is InChI=1S/C16H28F3NO/c1-11-8-15(2,3)9-14(11)20-12-5-4-6-13(7-12)21-10-16(17,18)19/h11-14,20H,4-10H2,1-3H3. The summed E-state index contributed by atoms with van der Waals surface area (Å²) in [6.45, 7) is 5.74. The second-order valence-electron chi connectivity index (χ2n) is 7.73. The van der Waals surface area contributed by atoms with Gasteiger partial charge in [-0.2, -0.15) is 13.2 Å². The summed E-state index contributed by atoms with van der Waals surface area (Å²) in [6, 6.07) is 0.796. The lowest BCUT2D eigenvalue weighted by Crippen LogP contribution is -2.44. The Kier molecular flexibility index (Phi) is 5.24. The van der Waals surface area contributed by atoms with Crippen LogP contribution in [-0.4, -0.2) is 31.0 Å². The van der Waals surface area contributed by atoms with Gasteiger partial charge in [-0.15, -0.1) is 0 Å². The van der Waals surface area contributed by atoms with E-state index >= 15 is 0 Å². The molecule has 0 saturated heterocycles. The van der Waals surface area contributed by atoms with E-state index in [4.69, 9.17) is 4.74 Å². The third kappa shape index (κ3) is 5.44. The first-order valence-corrected chi connectivity index (χ1v) is 8.09. The number of alkyl halides is 3. The maximum absolute atomic E-state index is 12.2. The van der Waals surface area contributed by atoms with E-state index in [0.717, 1.165) is 25.7 Å². The molecule has 2 nitrogen and oxygen atoms in total. The quantitative estimate of drug-likeness (QED) is 0.836. The molecule has 4 atom stereocenters. The first kappa shape index (κ1) is 17.1. The second kappa shape index (κ2) is 6.45. The van der Waals surface area contributed by atoms with Crippen molar-refractivity contribution in [3.63, 3.8) is 0 Å². The number of nitrogens with one attached hydrogen (secondary N) is 1. The van der Waals surface area contributed by atoms with Gasteiger partial charge in [-0.25, -0.2) is 0 Å². The first-order valence-electron chi connectivity index (χ1n) is 8.09. The van der Waals surface area contributed by atoms with Gasteiger partial charge in [-0.1, -0.05) is 20.8 Å². The van der Waals surface area contributed by atoms with Crippen LogP contribution >= 0.6 is 0 Å². The van der Waals surface area contributed by atoms with E-state index in [1.54, 1.807) is 0 Å². The molecule has 0 heterocycles. The van der Waals surface area contributed by atoms with E-state index in [1.165, 1.54) is 6.42 Å². The minimum Gasteiger partial charge on any atom is -0.369 e. The van der Waals surface area contributed by atoms with Crippen LogP contribution in [0.3, 0.4) is 0 Å². The molecule has 5 heteroatoms. The van der Waals surface area contributed by atoms with Gasteiger partial charge in [0.25, 0.3) is 0 Å². The molecule has 2 aliphatic carbocycles. The molecule has 4 unspecified atom stereocenters. The number of hydrogen-bond acceptors (Lipinski definition) is 2. The van der Waals surface area contributed by atoms with E-state index in [2.05, 4.69) is 26.1 Å². The van der Waals surface area contributed by atoms with Gasteiger partial charge >= 0.3 is 6.18 Å². The van der Waals surface area contributed by atoms with Crippen molar-refractivity contribution in [2.75, 3.05) is 6.61 Å². The van der Waals surface area contributed by atoms with Gasteiger partial charge in [0.2, 0.25) is 0 Å². The van der Waals surface area contributed by atoms with E-state index in [1.807, 2.05) is 0 Å². The van der Waals surface area contributed by atoms with Crippen LogP contribution in [-0.2, 0) is 4.74 Å². The average Bonchev–Trinajstić information content (AvgIpc) is 2.59. The Morgan fingerprint density at radius 2 is 1.90 bits per heavy atom. The lowest BCUT2D eigenvalue weighted by Gasteiger charge is -2.33. The molecule has 1 N–H and O–H groups in total. The normalized spacial score (nSPS) is 36.9. The van der Waals surface area contributed by atoms with Crippen LogP contribution < -0.4 is 5.32 Å². The van der Waals surface area contributed by atoms with E-state index in [9.17, 15) is 13.2 Å². The fourth-order valence-corrected chi connectivity index (χ4v) is 4.08. The van der Waals surface area contributed by atoms with Crippen molar-refractivity contribution in [2.45, 2.75) is 83.7 Å². The van der Waals surface area contributed by atoms with Crippen molar-refractivity contribution in [3.05, 3.63) is 0 Å². The zero-order valence-corrected chi connectivity index (χ0v) is 13.3. The van der Waals surface area contributed by atoms with Gasteiger partial charge in [0, 0.05) is 12.1 Å². The van der Waals surface area contributed by atoms with Crippen LogP contribution in [0.4, 0.5) is 13.2 Å². The summed E-state index contributed by atoms with van der Waals surface area (Å²) in [5, 5.41) is 3.69. The van der Waals surface area contributed by atoms with Crippen LogP contribution in [0.1, 0.15) is 59.3 Å². The van der Waals surface area contributed by atoms with Crippen molar-refractivity contribution in [3.8, 4) is 0 Å². The molecule has 21 heavy (non-hydrogen) atoms. The molecule has 0 aromatic carbocycles. The monoisotopic (exact) mass is 307 g/mol. The molecule has 2 rings (SSSR count). The van der Waals surface area contributed by atoms with Crippen molar-refractivity contribution >= 4 is 0 Å². The van der Waals surface area contributed by atoms with Crippen LogP contribution in [0.2, 0.25) is 0 Å². The van der Waals surface area contributed by atoms with Gasteiger partial charge in [0.1, 0.15) is 6.61 Å². The van der Waals surface area contributed by atoms with Crippen LogP contribution in [0.25, 0.3) is 0 Å². The van der Waals surface area contributed by atoms with Crippen LogP contribution in [0.15, 0.2) is 0 Å². The maximum Gasteiger partial charge on any atom is 0.411 e. The first-order chi connectivity index (χ1) is 9.65. The van der Waals surface area contributed by atoms with Crippen LogP contribution in [0, 0.1) is 11.3 Å². The minimum atomic E-state index is -4.22. The van der Waals surface area contributed by atoms with Crippen molar-refractivity contribution < 1.29 is 17.9 Å². The highest BCUT2D eigenvalue weighted by molar-refractivity contribution is 4.93. The minimum absolute atomic E-state index is 0.248. The smallest absolute Gasteiger partial charge is 0.369 e. The zero-order valence-electron chi connectivity index (χ0n) is 13.3.